The standard InChI is InChI=1S/C19H24N2OS/c1-4-22-18-11-9-17(10-12-18)15(3)21-19(23)20-13-16-7-5-14(2)6-8-16/h5-12,15H,4,13H2,1-3H3,(H2,20,21,23). The van der Waals surface area contributed by atoms with Crippen LogP contribution >= 0.6 is 12.2 Å². The molecule has 2 aromatic rings. The maximum absolute atomic E-state index is 5.46. The molecule has 0 bridgehead atoms. The number of hydrogen-bond acceptors (Lipinski definition) is 2. The van der Waals surface area contributed by atoms with Crippen LogP contribution in [-0.2, 0) is 6.54 Å². The van der Waals surface area contributed by atoms with Crippen LogP contribution in [0.2, 0.25) is 0 Å². The van der Waals surface area contributed by atoms with E-state index in [4.69, 9.17) is 17.0 Å². The van der Waals surface area contributed by atoms with Gasteiger partial charge in [0.05, 0.1) is 12.6 Å². The fourth-order valence-electron chi connectivity index (χ4n) is 2.24. The first kappa shape index (κ1) is 17.3. The molecule has 0 aromatic heterocycles. The molecule has 2 aromatic carbocycles. The zero-order valence-electron chi connectivity index (χ0n) is 13.9. The van der Waals surface area contributed by atoms with Gasteiger partial charge in [0.2, 0.25) is 0 Å². The Bertz CT molecular complexity index is 623. The van der Waals surface area contributed by atoms with Crippen LogP contribution < -0.4 is 15.4 Å². The summed E-state index contributed by atoms with van der Waals surface area (Å²) in [4.78, 5) is 0. The van der Waals surface area contributed by atoms with Gasteiger partial charge in [-0.3, -0.25) is 0 Å². The van der Waals surface area contributed by atoms with Gasteiger partial charge in [0.1, 0.15) is 5.75 Å². The quantitative estimate of drug-likeness (QED) is 0.782. The van der Waals surface area contributed by atoms with Gasteiger partial charge in [-0.2, -0.15) is 0 Å². The molecule has 0 amide bonds. The van der Waals surface area contributed by atoms with Crippen LogP contribution in [-0.4, -0.2) is 11.7 Å². The van der Waals surface area contributed by atoms with Crippen molar-refractivity contribution in [2.75, 3.05) is 6.61 Å². The topological polar surface area (TPSA) is 33.3 Å². The van der Waals surface area contributed by atoms with Crippen molar-refractivity contribution < 1.29 is 4.74 Å². The largest absolute Gasteiger partial charge is 0.494 e. The Hall–Kier alpha value is -2.07. The second-order valence-corrected chi connectivity index (χ2v) is 5.94. The highest BCUT2D eigenvalue weighted by Gasteiger charge is 2.07. The van der Waals surface area contributed by atoms with Crippen LogP contribution in [0.3, 0.4) is 0 Å². The average molecular weight is 328 g/mol. The summed E-state index contributed by atoms with van der Waals surface area (Å²) < 4.78 is 5.46. The second kappa shape index (κ2) is 8.53. The predicted octanol–water partition coefficient (Wildman–Crippen LogP) is 4.12. The maximum Gasteiger partial charge on any atom is 0.167 e. The molecule has 0 radical (unpaired) electrons. The molecule has 0 saturated heterocycles. The molecule has 0 spiro atoms. The Kier molecular flexibility index (Phi) is 6.41. The monoisotopic (exact) mass is 328 g/mol. The van der Waals surface area contributed by atoms with Gasteiger partial charge in [0, 0.05) is 6.54 Å². The molecule has 4 heteroatoms. The van der Waals surface area contributed by atoms with Gasteiger partial charge in [-0.15, -0.1) is 0 Å². The first-order valence-corrected chi connectivity index (χ1v) is 8.32. The highest BCUT2D eigenvalue weighted by atomic mass is 32.1. The van der Waals surface area contributed by atoms with Gasteiger partial charge in [-0.1, -0.05) is 42.0 Å². The first-order valence-electron chi connectivity index (χ1n) is 7.91. The van der Waals surface area contributed by atoms with Gasteiger partial charge in [-0.05, 0) is 56.2 Å². The summed E-state index contributed by atoms with van der Waals surface area (Å²) in [6.07, 6.45) is 0. The summed E-state index contributed by atoms with van der Waals surface area (Å²) in [6, 6.07) is 16.7. The molecule has 1 unspecified atom stereocenters. The van der Waals surface area contributed by atoms with Gasteiger partial charge >= 0.3 is 0 Å². The summed E-state index contributed by atoms with van der Waals surface area (Å²) in [5, 5.41) is 7.21. The lowest BCUT2D eigenvalue weighted by Gasteiger charge is -2.18. The van der Waals surface area contributed by atoms with Crippen molar-refractivity contribution in [1.82, 2.24) is 10.6 Å². The predicted molar refractivity (Wildman–Crippen MR) is 99.8 cm³/mol. The molecule has 0 fully saturated rings. The van der Waals surface area contributed by atoms with Crippen molar-refractivity contribution >= 4 is 17.3 Å². The van der Waals surface area contributed by atoms with E-state index in [1.165, 1.54) is 16.7 Å². The molecule has 122 valence electrons. The lowest BCUT2D eigenvalue weighted by molar-refractivity contribution is 0.340. The second-order valence-electron chi connectivity index (χ2n) is 5.54. The molecule has 0 heterocycles. The van der Waals surface area contributed by atoms with Crippen molar-refractivity contribution in [3.8, 4) is 5.75 Å². The summed E-state index contributed by atoms with van der Waals surface area (Å²) in [5.74, 6) is 0.892. The summed E-state index contributed by atoms with van der Waals surface area (Å²) >= 11 is 5.38. The van der Waals surface area contributed by atoms with E-state index >= 15 is 0 Å². The molecular formula is C19H24N2OS. The molecule has 0 aliphatic carbocycles. The minimum absolute atomic E-state index is 0.142. The van der Waals surface area contributed by atoms with E-state index in [9.17, 15) is 0 Å². The Morgan fingerprint density at radius 1 is 1.09 bits per heavy atom. The molecule has 0 aliphatic heterocycles. The molecule has 2 N–H and O–H groups in total. The Morgan fingerprint density at radius 2 is 1.74 bits per heavy atom. The van der Waals surface area contributed by atoms with Crippen molar-refractivity contribution in [2.45, 2.75) is 33.4 Å². The molecular weight excluding hydrogens is 304 g/mol. The van der Waals surface area contributed by atoms with E-state index in [0.29, 0.717) is 11.7 Å². The zero-order valence-corrected chi connectivity index (χ0v) is 14.7. The number of aryl methyl sites for hydroxylation is 1. The van der Waals surface area contributed by atoms with Crippen LogP contribution in [0.4, 0.5) is 0 Å². The molecule has 0 aliphatic rings. The third kappa shape index (κ3) is 5.57. The number of hydrogen-bond donors (Lipinski definition) is 2. The number of ether oxygens (including phenoxy) is 1. The van der Waals surface area contributed by atoms with Crippen molar-refractivity contribution in [1.29, 1.82) is 0 Å². The fourth-order valence-corrected chi connectivity index (χ4v) is 2.49. The van der Waals surface area contributed by atoms with E-state index in [2.05, 4.69) is 60.9 Å². The number of benzene rings is 2. The van der Waals surface area contributed by atoms with Gasteiger partial charge in [0.15, 0.2) is 5.11 Å². The van der Waals surface area contributed by atoms with Crippen LogP contribution in [0.5, 0.6) is 5.75 Å². The van der Waals surface area contributed by atoms with Crippen LogP contribution in [0.25, 0.3) is 0 Å². The van der Waals surface area contributed by atoms with Crippen molar-refractivity contribution in [3.05, 3.63) is 65.2 Å². The molecule has 3 nitrogen and oxygen atoms in total. The smallest absolute Gasteiger partial charge is 0.167 e. The van der Waals surface area contributed by atoms with E-state index in [-0.39, 0.29) is 6.04 Å². The highest BCUT2D eigenvalue weighted by Crippen LogP contribution is 2.17. The van der Waals surface area contributed by atoms with E-state index in [0.717, 1.165) is 12.3 Å². The summed E-state index contributed by atoms with van der Waals surface area (Å²) in [7, 11) is 0. The maximum atomic E-state index is 5.46. The van der Waals surface area contributed by atoms with E-state index in [1.807, 2.05) is 19.1 Å². The zero-order chi connectivity index (χ0) is 16.7. The van der Waals surface area contributed by atoms with Gasteiger partial charge in [-0.25, -0.2) is 0 Å². The van der Waals surface area contributed by atoms with Crippen molar-refractivity contribution in [2.24, 2.45) is 0 Å². The average Bonchev–Trinajstić information content (AvgIpc) is 2.55. The lowest BCUT2D eigenvalue weighted by atomic mass is 10.1. The SMILES string of the molecule is CCOc1ccc(C(C)NC(=S)NCc2ccc(C)cc2)cc1. The highest BCUT2D eigenvalue weighted by molar-refractivity contribution is 7.80. The normalized spacial score (nSPS) is 11.6. The Balaban J connectivity index is 1.82. The van der Waals surface area contributed by atoms with Gasteiger partial charge < -0.3 is 15.4 Å². The van der Waals surface area contributed by atoms with E-state index < -0.39 is 0 Å². The van der Waals surface area contributed by atoms with Crippen LogP contribution in [0, 0.1) is 6.92 Å². The third-order valence-corrected chi connectivity index (χ3v) is 3.87. The third-order valence-electron chi connectivity index (χ3n) is 3.61. The minimum Gasteiger partial charge on any atom is -0.494 e. The number of rotatable bonds is 6. The molecule has 0 saturated carbocycles. The van der Waals surface area contributed by atoms with Gasteiger partial charge in [0.25, 0.3) is 0 Å². The lowest BCUT2D eigenvalue weighted by Crippen LogP contribution is -2.36. The molecule has 23 heavy (non-hydrogen) atoms. The van der Waals surface area contributed by atoms with E-state index in [1.54, 1.807) is 0 Å². The summed E-state index contributed by atoms with van der Waals surface area (Å²) in [6.45, 7) is 7.57. The van der Waals surface area contributed by atoms with Crippen molar-refractivity contribution in [3.63, 3.8) is 0 Å². The fraction of sp³-hybridized carbons (Fsp3) is 0.316. The number of nitrogens with one attached hydrogen (secondary N) is 2. The van der Waals surface area contributed by atoms with Crippen LogP contribution in [0.1, 0.15) is 36.6 Å². The molecule has 1 atom stereocenters. The molecule has 2 rings (SSSR count). The Morgan fingerprint density at radius 3 is 2.35 bits per heavy atom. The van der Waals surface area contributed by atoms with Crippen LogP contribution in [0.15, 0.2) is 48.5 Å². The summed E-state index contributed by atoms with van der Waals surface area (Å²) in [5.41, 5.74) is 3.65. The Labute approximate surface area is 144 Å². The minimum atomic E-state index is 0.142. The number of thiocarbonyl (C=S) groups is 1. The first-order chi connectivity index (χ1) is 11.1.